The molecule has 9 nitrogen and oxygen atoms in total. The van der Waals surface area contributed by atoms with Crippen LogP contribution in [0.15, 0.2) is 61.1 Å². The second-order valence-corrected chi connectivity index (χ2v) is 6.64. The fourth-order valence-corrected chi connectivity index (χ4v) is 3.21. The second kappa shape index (κ2) is 6.46. The maximum Gasteiger partial charge on any atom is 0.245 e. The molecule has 0 bridgehead atoms. The molecule has 0 saturated heterocycles. The van der Waals surface area contributed by atoms with Crippen LogP contribution in [0.4, 0.5) is 5.95 Å². The summed E-state index contributed by atoms with van der Waals surface area (Å²) < 4.78 is 3.80. The molecule has 1 aliphatic rings. The average molecular weight is 373 g/mol. The second-order valence-electron chi connectivity index (χ2n) is 6.64. The van der Waals surface area contributed by atoms with Crippen molar-refractivity contribution in [2.24, 2.45) is 0 Å². The summed E-state index contributed by atoms with van der Waals surface area (Å²) in [5.41, 5.74) is 8.07. The molecule has 5 rings (SSSR count). The number of anilines is 1. The number of rotatable bonds is 3. The van der Waals surface area contributed by atoms with Crippen molar-refractivity contribution in [2.45, 2.75) is 6.92 Å². The van der Waals surface area contributed by atoms with Gasteiger partial charge in [-0.05, 0) is 19.1 Å². The monoisotopic (exact) mass is 373 g/mol. The molecule has 9 heteroatoms. The topological polar surface area (TPSA) is 87.7 Å². The molecule has 0 saturated carbocycles. The Morgan fingerprint density at radius 2 is 2.04 bits per heavy atom. The first kappa shape index (κ1) is 16.5. The van der Waals surface area contributed by atoms with Crippen molar-refractivity contribution in [1.82, 2.24) is 39.4 Å². The molecule has 0 spiro atoms. The van der Waals surface area contributed by atoms with Gasteiger partial charge in [-0.15, -0.1) is 5.10 Å². The number of hydrogen-bond donors (Lipinski definition) is 2. The first-order valence-electron chi connectivity index (χ1n) is 8.93. The molecule has 140 valence electrons. The van der Waals surface area contributed by atoms with Gasteiger partial charge in [0.25, 0.3) is 0 Å². The minimum absolute atomic E-state index is 0.528. The highest BCUT2D eigenvalue weighted by atomic mass is 15.5. The van der Waals surface area contributed by atoms with Crippen LogP contribution in [0.1, 0.15) is 5.69 Å². The number of nitrogens with zero attached hydrogens (tertiary/aromatic N) is 7. The number of allylic oxidation sites excluding steroid dienone is 1. The molecule has 0 aromatic carbocycles. The van der Waals surface area contributed by atoms with Crippen LogP contribution in [0.25, 0.3) is 22.4 Å². The largest absolute Gasteiger partial charge is 0.322 e. The molecule has 4 aromatic rings. The van der Waals surface area contributed by atoms with E-state index in [1.807, 2.05) is 83.3 Å². The van der Waals surface area contributed by atoms with E-state index in [1.54, 1.807) is 0 Å². The molecule has 0 radical (unpaired) electrons. The molecule has 0 aliphatic carbocycles. The van der Waals surface area contributed by atoms with Gasteiger partial charge in [-0.25, -0.2) is 24.9 Å². The Kier molecular flexibility index (Phi) is 3.80. The molecule has 28 heavy (non-hydrogen) atoms. The Hall–Kier alpha value is -3.72. The number of fused-ring (bicyclic) bond motifs is 2. The van der Waals surface area contributed by atoms with Crippen molar-refractivity contribution in [1.29, 1.82) is 0 Å². The van der Waals surface area contributed by atoms with E-state index in [-0.39, 0.29) is 0 Å². The van der Waals surface area contributed by atoms with Gasteiger partial charge in [-0.3, -0.25) is 4.40 Å². The normalized spacial score (nSPS) is 14.5. The summed E-state index contributed by atoms with van der Waals surface area (Å²) in [7, 11) is 1.95. The number of hydrogen-bond acceptors (Lipinski definition) is 7. The van der Waals surface area contributed by atoms with Crippen molar-refractivity contribution in [3.05, 3.63) is 66.8 Å². The van der Waals surface area contributed by atoms with Gasteiger partial charge >= 0.3 is 0 Å². The van der Waals surface area contributed by atoms with Crippen LogP contribution in [0.2, 0.25) is 0 Å². The Morgan fingerprint density at radius 1 is 1.14 bits per heavy atom. The van der Waals surface area contributed by atoms with Gasteiger partial charge < -0.3 is 10.3 Å². The molecule has 0 unspecified atom stereocenters. The third-order valence-electron chi connectivity index (χ3n) is 4.62. The summed E-state index contributed by atoms with van der Waals surface area (Å²) in [5, 5.41) is 9.73. The van der Waals surface area contributed by atoms with Gasteiger partial charge in [0.1, 0.15) is 0 Å². The Bertz CT molecular complexity index is 1230. The zero-order valence-corrected chi connectivity index (χ0v) is 15.5. The molecule has 1 aliphatic heterocycles. The predicted octanol–water partition coefficient (Wildman–Crippen LogP) is 2.01. The van der Waals surface area contributed by atoms with Crippen molar-refractivity contribution in [2.75, 3.05) is 18.9 Å². The van der Waals surface area contributed by atoms with Crippen LogP contribution in [0.3, 0.4) is 0 Å². The molecular weight excluding hydrogens is 354 g/mol. The lowest BCUT2D eigenvalue weighted by Crippen LogP contribution is -2.29. The van der Waals surface area contributed by atoms with E-state index in [9.17, 15) is 0 Å². The van der Waals surface area contributed by atoms with Crippen LogP contribution in [0.5, 0.6) is 0 Å². The van der Waals surface area contributed by atoms with E-state index in [0.717, 1.165) is 34.6 Å². The van der Waals surface area contributed by atoms with E-state index in [1.165, 1.54) is 0 Å². The SMILES string of the molecule is Cc1cnc2ncc(-c3ccn4nc(NC5=CN(C)NCC=C5)ncc34)cn12. The molecule has 0 fully saturated rings. The van der Waals surface area contributed by atoms with Gasteiger partial charge in [0.15, 0.2) is 0 Å². The molecule has 4 aromatic heterocycles. The van der Waals surface area contributed by atoms with E-state index in [0.29, 0.717) is 11.7 Å². The third kappa shape index (κ3) is 2.87. The van der Waals surface area contributed by atoms with Crippen molar-refractivity contribution in [3.8, 4) is 11.1 Å². The van der Waals surface area contributed by atoms with Crippen LogP contribution >= 0.6 is 0 Å². The first-order valence-corrected chi connectivity index (χ1v) is 8.93. The summed E-state index contributed by atoms with van der Waals surface area (Å²) >= 11 is 0. The Labute approximate surface area is 161 Å². The zero-order chi connectivity index (χ0) is 19.1. The van der Waals surface area contributed by atoms with Crippen LogP contribution in [0, 0.1) is 6.92 Å². The summed E-state index contributed by atoms with van der Waals surface area (Å²) in [5.74, 6) is 1.22. The summed E-state index contributed by atoms with van der Waals surface area (Å²) in [6.45, 7) is 2.78. The first-order chi connectivity index (χ1) is 13.7. The van der Waals surface area contributed by atoms with Gasteiger partial charge in [-0.2, -0.15) is 0 Å². The number of aryl methyl sites for hydroxylation is 1. The highest BCUT2D eigenvalue weighted by Gasteiger charge is 2.11. The maximum atomic E-state index is 4.58. The Morgan fingerprint density at radius 3 is 2.96 bits per heavy atom. The third-order valence-corrected chi connectivity index (χ3v) is 4.62. The molecule has 5 heterocycles. The number of imidazole rings is 1. The fraction of sp³-hybridized carbons (Fsp3) is 0.158. The minimum atomic E-state index is 0.528. The minimum Gasteiger partial charge on any atom is -0.322 e. The van der Waals surface area contributed by atoms with E-state index < -0.39 is 0 Å². The molecule has 0 amide bonds. The van der Waals surface area contributed by atoms with Gasteiger partial charge in [-0.1, -0.05) is 6.08 Å². The Balaban J connectivity index is 1.50. The molecular formula is C19H19N9. The lowest BCUT2D eigenvalue weighted by atomic mass is 10.1. The van der Waals surface area contributed by atoms with Gasteiger partial charge in [0.05, 0.1) is 23.6 Å². The average Bonchev–Trinajstić information content (AvgIpc) is 3.21. The maximum absolute atomic E-state index is 4.58. The van der Waals surface area contributed by atoms with Crippen molar-refractivity contribution < 1.29 is 0 Å². The smallest absolute Gasteiger partial charge is 0.245 e. The van der Waals surface area contributed by atoms with Gasteiger partial charge in [0.2, 0.25) is 11.7 Å². The zero-order valence-electron chi connectivity index (χ0n) is 15.5. The van der Waals surface area contributed by atoms with Crippen LogP contribution in [-0.4, -0.2) is 47.6 Å². The number of aromatic nitrogens is 6. The van der Waals surface area contributed by atoms with E-state index >= 15 is 0 Å². The van der Waals surface area contributed by atoms with Crippen LogP contribution < -0.4 is 10.7 Å². The van der Waals surface area contributed by atoms with E-state index in [2.05, 4.69) is 30.8 Å². The molecule has 0 atom stereocenters. The van der Waals surface area contributed by atoms with Crippen LogP contribution in [-0.2, 0) is 0 Å². The lowest BCUT2D eigenvalue weighted by molar-refractivity contribution is 0.347. The summed E-state index contributed by atoms with van der Waals surface area (Å²) in [4.78, 5) is 13.2. The standard InChI is InChI=1S/C19H19N9/c1-13-8-21-19-22-9-14(11-27(13)19)16-5-7-28-17(16)10-20-18(25-28)24-15-4-3-6-23-26(2)12-15/h3-5,7-12,23H,6H2,1-2H3,(H,24,25). The predicted molar refractivity (Wildman–Crippen MR) is 106 cm³/mol. The van der Waals surface area contributed by atoms with Crippen molar-refractivity contribution in [3.63, 3.8) is 0 Å². The summed E-state index contributed by atoms with van der Waals surface area (Å²) in [6.07, 6.45) is 15.4. The number of nitrogens with one attached hydrogen (secondary N) is 2. The van der Waals surface area contributed by atoms with E-state index in [4.69, 9.17) is 0 Å². The molecule has 2 N–H and O–H groups in total. The quantitative estimate of drug-likeness (QED) is 0.568. The lowest BCUT2D eigenvalue weighted by Gasteiger charge is -2.13. The fourth-order valence-electron chi connectivity index (χ4n) is 3.21. The number of hydrazine groups is 1. The van der Waals surface area contributed by atoms with Gasteiger partial charge in [0, 0.05) is 55.2 Å². The van der Waals surface area contributed by atoms with Crippen molar-refractivity contribution >= 4 is 17.2 Å². The highest BCUT2D eigenvalue weighted by Crippen LogP contribution is 2.25. The summed E-state index contributed by atoms with van der Waals surface area (Å²) in [6, 6.07) is 2.02. The highest BCUT2D eigenvalue weighted by molar-refractivity contribution is 5.79.